The van der Waals surface area contributed by atoms with E-state index in [0.717, 1.165) is 11.3 Å². The molecule has 0 radical (unpaired) electrons. The molecule has 20 heavy (non-hydrogen) atoms. The maximum absolute atomic E-state index is 11.3. The molecule has 0 aromatic heterocycles. The molecule has 0 N–H and O–H groups in total. The predicted molar refractivity (Wildman–Crippen MR) is 81.4 cm³/mol. The van der Waals surface area contributed by atoms with Crippen molar-refractivity contribution in [3.05, 3.63) is 71.8 Å². The number of para-hydroxylation sites is 1. The molecule has 0 heterocycles. The summed E-state index contributed by atoms with van der Waals surface area (Å²) in [6, 6.07) is 16.9. The lowest BCUT2D eigenvalue weighted by Gasteiger charge is -1.98. The second kappa shape index (κ2) is 7.04. The second-order valence-corrected chi connectivity index (χ2v) is 4.09. The number of nitrogens with zero attached hydrogens (tertiary/aromatic N) is 1. The van der Waals surface area contributed by atoms with Crippen LogP contribution in [0.3, 0.4) is 0 Å². The van der Waals surface area contributed by atoms with E-state index in [1.807, 2.05) is 54.6 Å². The molecular formula is C17H15NO2. The van der Waals surface area contributed by atoms with Crippen LogP contribution in [0.25, 0.3) is 6.08 Å². The molecule has 2 aromatic rings. The van der Waals surface area contributed by atoms with Crippen molar-refractivity contribution in [2.24, 2.45) is 4.99 Å². The van der Waals surface area contributed by atoms with Crippen molar-refractivity contribution in [1.29, 1.82) is 0 Å². The van der Waals surface area contributed by atoms with Crippen molar-refractivity contribution in [1.82, 2.24) is 0 Å². The van der Waals surface area contributed by atoms with Crippen molar-refractivity contribution in [3.8, 4) is 0 Å². The molecule has 0 aliphatic carbocycles. The molecule has 2 rings (SSSR count). The van der Waals surface area contributed by atoms with Crippen LogP contribution in [-0.4, -0.2) is 19.3 Å². The van der Waals surface area contributed by atoms with Gasteiger partial charge in [-0.3, -0.25) is 4.99 Å². The molecule has 0 spiro atoms. The van der Waals surface area contributed by atoms with E-state index in [2.05, 4.69) is 9.73 Å². The highest BCUT2D eigenvalue weighted by Crippen LogP contribution is 2.09. The van der Waals surface area contributed by atoms with Crippen molar-refractivity contribution in [2.45, 2.75) is 0 Å². The first-order chi connectivity index (χ1) is 9.79. The fraction of sp³-hybridized carbons (Fsp3) is 0.0588. The van der Waals surface area contributed by atoms with Crippen LogP contribution in [0, 0.1) is 0 Å². The zero-order valence-corrected chi connectivity index (χ0v) is 11.2. The zero-order valence-electron chi connectivity index (χ0n) is 11.2. The van der Waals surface area contributed by atoms with Gasteiger partial charge in [-0.25, -0.2) is 4.79 Å². The lowest BCUT2D eigenvalue weighted by Crippen LogP contribution is -2.00. The van der Waals surface area contributed by atoms with E-state index in [-0.39, 0.29) is 5.97 Å². The first kappa shape index (κ1) is 13.7. The number of carbonyl (C=O) groups excluding carboxylic acids is 1. The van der Waals surface area contributed by atoms with Gasteiger partial charge in [0, 0.05) is 6.21 Å². The second-order valence-electron chi connectivity index (χ2n) is 4.09. The Balaban J connectivity index is 1.98. The average molecular weight is 265 g/mol. The Labute approximate surface area is 118 Å². The number of methoxy groups -OCH3 is 1. The molecule has 0 fully saturated rings. The topological polar surface area (TPSA) is 38.7 Å². The van der Waals surface area contributed by atoms with Crippen LogP contribution in [0.2, 0.25) is 0 Å². The van der Waals surface area contributed by atoms with Crippen LogP contribution >= 0.6 is 0 Å². The van der Waals surface area contributed by atoms with E-state index in [1.165, 1.54) is 7.11 Å². The standard InChI is InChI=1S/C17H15NO2/c1-20-17(19)15-11-9-14(10-12-15)6-5-13-18-16-7-3-2-4-8-16/h2-13H,1H3. The number of hydrogen-bond donors (Lipinski definition) is 0. The molecule has 0 aliphatic heterocycles. The number of hydrogen-bond acceptors (Lipinski definition) is 3. The van der Waals surface area contributed by atoms with Crippen molar-refractivity contribution in [2.75, 3.05) is 7.11 Å². The fourth-order valence-corrected chi connectivity index (χ4v) is 1.65. The Morgan fingerprint density at radius 2 is 1.75 bits per heavy atom. The van der Waals surface area contributed by atoms with Crippen molar-refractivity contribution < 1.29 is 9.53 Å². The van der Waals surface area contributed by atoms with Gasteiger partial charge in [-0.1, -0.05) is 36.4 Å². The highest BCUT2D eigenvalue weighted by Gasteiger charge is 2.02. The summed E-state index contributed by atoms with van der Waals surface area (Å²) in [5.74, 6) is -0.328. The van der Waals surface area contributed by atoms with Gasteiger partial charge in [0.25, 0.3) is 0 Å². The molecule has 3 nitrogen and oxygen atoms in total. The minimum absolute atomic E-state index is 0.328. The quantitative estimate of drug-likeness (QED) is 0.621. The molecule has 3 heteroatoms. The normalized spacial score (nSPS) is 11.1. The summed E-state index contributed by atoms with van der Waals surface area (Å²) in [4.78, 5) is 15.6. The van der Waals surface area contributed by atoms with Crippen LogP contribution in [0.1, 0.15) is 15.9 Å². The molecule has 0 saturated heterocycles. The molecule has 0 aliphatic rings. The van der Waals surface area contributed by atoms with Gasteiger partial charge in [-0.05, 0) is 35.9 Å². The van der Waals surface area contributed by atoms with Gasteiger partial charge in [0.2, 0.25) is 0 Å². The summed E-state index contributed by atoms with van der Waals surface area (Å²) in [6.45, 7) is 0. The number of allylic oxidation sites excluding steroid dienone is 1. The van der Waals surface area contributed by atoms with Gasteiger partial charge in [-0.2, -0.15) is 0 Å². The monoisotopic (exact) mass is 265 g/mol. The minimum atomic E-state index is -0.328. The van der Waals surface area contributed by atoms with E-state index in [9.17, 15) is 4.79 Å². The van der Waals surface area contributed by atoms with Gasteiger partial charge in [-0.15, -0.1) is 0 Å². The molecule has 2 aromatic carbocycles. The van der Waals surface area contributed by atoms with E-state index in [0.29, 0.717) is 5.56 Å². The van der Waals surface area contributed by atoms with Crippen LogP contribution in [0.15, 0.2) is 65.7 Å². The third-order valence-electron chi connectivity index (χ3n) is 2.69. The third-order valence-corrected chi connectivity index (χ3v) is 2.69. The Kier molecular flexibility index (Phi) is 4.84. The maximum Gasteiger partial charge on any atom is 0.337 e. The summed E-state index contributed by atoms with van der Waals surface area (Å²) < 4.78 is 4.65. The smallest absolute Gasteiger partial charge is 0.337 e. The van der Waals surface area contributed by atoms with Gasteiger partial charge < -0.3 is 4.74 Å². The highest BCUT2D eigenvalue weighted by atomic mass is 16.5. The lowest BCUT2D eigenvalue weighted by molar-refractivity contribution is 0.0601. The third kappa shape index (κ3) is 3.92. The molecular weight excluding hydrogens is 250 g/mol. The maximum atomic E-state index is 11.3. The van der Waals surface area contributed by atoms with Crippen LogP contribution in [0.4, 0.5) is 5.69 Å². The van der Waals surface area contributed by atoms with Gasteiger partial charge in [0.15, 0.2) is 0 Å². The molecule has 0 bridgehead atoms. The SMILES string of the molecule is COC(=O)c1ccc(C=CC=Nc2ccccc2)cc1. The Hall–Kier alpha value is -2.68. The average Bonchev–Trinajstić information content (AvgIpc) is 2.52. The van der Waals surface area contributed by atoms with E-state index in [4.69, 9.17) is 0 Å². The number of esters is 1. The Morgan fingerprint density at radius 3 is 2.40 bits per heavy atom. The Bertz CT molecular complexity index is 613. The number of rotatable bonds is 4. The first-order valence-corrected chi connectivity index (χ1v) is 6.24. The highest BCUT2D eigenvalue weighted by molar-refractivity contribution is 5.89. The summed E-state index contributed by atoms with van der Waals surface area (Å²) in [5.41, 5.74) is 2.46. The minimum Gasteiger partial charge on any atom is -0.465 e. The number of ether oxygens (including phenoxy) is 1. The van der Waals surface area contributed by atoms with E-state index in [1.54, 1.807) is 18.3 Å². The fourth-order valence-electron chi connectivity index (χ4n) is 1.65. The molecule has 0 saturated carbocycles. The Morgan fingerprint density at radius 1 is 1.05 bits per heavy atom. The van der Waals surface area contributed by atoms with Crippen LogP contribution < -0.4 is 0 Å². The first-order valence-electron chi connectivity index (χ1n) is 6.24. The number of benzene rings is 2. The largest absolute Gasteiger partial charge is 0.465 e. The van der Waals surface area contributed by atoms with Crippen LogP contribution in [-0.2, 0) is 4.74 Å². The summed E-state index contributed by atoms with van der Waals surface area (Å²) in [7, 11) is 1.37. The van der Waals surface area contributed by atoms with Gasteiger partial charge >= 0.3 is 5.97 Å². The van der Waals surface area contributed by atoms with Gasteiger partial charge in [0.1, 0.15) is 0 Å². The zero-order chi connectivity index (χ0) is 14.2. The molecule has 100 valence electrons. The van der Waals surface area contributed by atoms with Crippen LogP contribution in [0.5, 0.6) is 0 Å². The predicted octanol–water partition coefficient (Wildman–Crippen LogP) is 3.89. The van der Waals surface area contributed by atoms with Crippen molar-refractivity contribution >= 4 is 23.9 Å². The van der Waals surface area contributed by atoms with Crippen molar-refractivity contribution in [3.63, 3.8) is 0 Å². The van der Waals surface area contributed by atoms with E-state index >= 15 is 0 Å². The summed E-state index contributed by atoms with van der Waals surface area (Å²) >= 11 is 0. The number of aliphatic imine (C=N–C) groups is 1. The molecule has 0 unspecified atom stereocenters. The summed E-state index contributed by atoms with van der Waals surface area (Å²) in [6.07, 6.45) is 5.52. The van der Waals surface area contributed by atoms with E-state index < -0.39 is 0 Å². The lowest BCUT2D eigenvalue weighted by atomic mass is 10.1. The summed E-state index contributed by atoms with van der Waals surface area (Å²) in [5, 5.41) is 0. The molecule has 0 amide bonds. The number of carbonyl (C=O) groups is 1. The van der Waals surface area contributed by atoms with Gasteiger partial charge in [0.05, 0.1) is 18.4 Å². The molecule has 0 atom stereocenters.